The second-order valence-corrected chi connectivity index (χ2v) is 13.4. The van der Waals surface area contributed by atoms with Gasteiger partial charge in [0.1, 0.15) is 24.4 Å². The molecule has 0 aromatic heterocycles. The monoisotopic (exact) mass is 670 g/mol. The quantitative estimate of drug-likeness (QED) is 0.0381. The Hall–Kier alpha value is -1.33. The van der Waals surface area contributed by atoms with Gasteiger partial charge in [0.15, 0.2) is 6.29 Å². The molecule has 1 fully saturated rings. The van der Waals surface area contributed by atoms with Crippen LogP contribution < -0.4 is 5.32 Å². The number of hydrogen-bond acceptors (Lipinski definition) is 8. The van der Waals surface area contributed by atoms with E-state index in [1.807, 2.05) is 6.08 Å². The maximum Gasteiger partial charge on any atom is 0.220 e. The summed E-state index contributed by atoms with van der Waals surface area (Å²) < 4.78 is 11.1. The molecule has 1 heterocycles. The zero-order chi connectivity index (χ0) is 34.5. The molecule has 0 spiro atoms. The number of amides is 1. The first-order chi connectivity index (χ1) is 22.8. The molecule has 6 N–H and O–H groups in total. The lowest BCUT2D eigenvalue weighted by molar-refractivity contribution is -0.302. The molecule has 0 bridgehead atoms. The summed E-state index contributed by atoms with van der Waals surface area (Å²) in [4.78, 5) is 12.8. The van der Waals surface area contributed by atoms with Gasteiger partial charge in [0.05, 0.1) is 25.4 Å². The van der Waals surface area contributed by atoms with Crippen molar-refractivity contribution in [2.24, 2.45) is 0 Å². The molecule has 47 heavy (non-hydrogen) atoms. The standard InChI is InChI=1S/C38H71NO8/c1-3-5-7-9-11-13-14-15-16-17-18-20-22-24-26-28-34(42)39-31(32(41)27-25-23-21-19-12-10-8-6-4-2)30-46-38-37(45)36(44)35(43)33(29-40)47-38/h21,23,25,27,31-33,35-38,40-41,43-45H,3-20,22,24,26,28-30H2,1-2H3,(H,39,42)/b23-21+,27-25+/t31-,32+,33-,35-,36?,37?,38-/m0/s1. The third kappa shape index (κ3) is 21.4. The van der Waals surface area contributed by atoms with E-state index in [2.05, 4.69) is 25.2 Å². The van der Waals surface area contributed by atoms with Crippen molar-refractivity contribution in [1.29, 1.82) is 0 Å². The van der Waals surface area contributed by atoms with Crippen molar-refractivity contribution in [3.8, 4) is 0 Å². The molecule has 1 rings (SSSR count). The Morgan fingerprint density at radius 1 is 0.723 bits per heavy atom. The molecule has 0 radical (unpaired) electrons. The van der Waals surface area contributed by atoms with Crippen LogP contribution in [0.4, 0.5) is 0 Å². The first-order valence-electron chi connectivity index (χ1n) is 19.1. The minimum Gasteiger partial charge on any atom is -0.394 e. The van der Waals surface area contributed by atoms with Crippen molar-refractivity contribution >= 4 is 5.91 Å². The lowest BCUT2D eigenvalue weighted by Crippen LogP contribution is -2.60. The van der Waals surface area contributed by atoms with Crippen LogP contribution in [0.25, 0.3) is 0 Å². The van der Waals surface area contributed by atoms with Gasteiger partial charge in [0, 0.05) is 6.42 Å². The number of carbonyl (C=O) groups is 1. The lowest BCUT2D eigenvalue weighted by Gasteiger charge is -2.40. The Balaban J connectivity index is 2.44. The highest BCUT2D eigenvalue weighted by Gasteiger charge is 2.44. The third-order valence-electron chi connectivity index (χ3n) is 9.08. The minimum absolute atomic E-state index is 0.197. The van der Waals surface area contributed by atoms with E-state index in [0.717, 1.165) is 32.1 Å². The van der Waals surface area contributed by atoms with Crippen LogP contribution in [0.15, 0.2) is 24.3 Å². The van der Waals surface area contributed by atoms with Crippen molar-refractivity contribution in [2.75, 3.05) is 13.2 Å². The number of aliphatic hydroxyl groups excluding tert-OH is 5. The average molecular weight is 670 g/mol. The number of aliphatic hydroxyl groups is 5. The molecule has 0 aromatic carbocycles. The predicted octanol–water partition coefficient (Wildman–Crippen LogP) is 6.38. The Labute approximate surface area is 286 Å². The van der Waals surface area contributed by atoms with Crippen LogP contribution in [0, 0.1) is 0 Å². The summed E-state index contributed by atoms with van der Waals surface area (Å²) in [6, 6.07) is -0.829. The fourth-order valence-corrected chi connectivity index (χ4v) is 5.92. The molecule has 276 valence electrons. The van der Waals surface area contributed by atoms with E-state index < -0.39 is 49.5 Å². The Bertz CT molecular complexity index is 792. The molecule has 1 aliphatic heterocycles. The molecule has 1 saturated heterocycles. The highest BCUT2D eigenvalue weighted by molar-refractivity contribution is 5.76. The van der Waals surface area contributed by atoms with Gasteiger partial charge < -0.3 is 40.3 Å². The zero-order valence-electron chi connectivity index (χ0n) is 29.8. The topological polar surface area (TPSA) is 149 Å². The van der Waals surface area contributed by atoms with Gasteiger partial charge in [0.2, 0.25) is 5.91 Å². The van der Waals surface area contributed by atoms with Crippen molar-refractivity contribution < 1.29 is 39.8 Å². The van der Waals surface area contributed by atoms with Gasteiger partial charge >= 0.3 is 0 Å². The number of hydrogen-bond donors (Lipinski definition) is 6. The fourth-order valence-electron chi connectivity index (χ4n) is 5.92. The number of ether oxygens (including phenoxy) is 2. The Morgan fingerprint density at radius 3 is 1.77 bits per heavy atom. The van der Waals surface area contributed by atoms with Gasteiger partial charge in [-0.1, -0.05) is 154 Å². The smallest absolute Gasteiger partial charge is 0.220 e. The van der Waals surface area contributed by atoms with Crippen molar-refractivity contribution in [1.82, 2.24) is 5.32 Å². The number of unbranched alkanes of at least 4 members (excludes halogenated alkanes) is 19. The number of rotatable bonds is 30. The van der Waals surface area contributed by atoms with Gasteiger partial charge in [-0.05, 0) is 19.3 Å². The average Bonchev–Trinajstić information content (AvgIpc) is 3.07. The van der Waals surface area contributed by atoms with Crippen molar-refractivity contribution in [3.63, 3.8) is 0 Å². The van der Waals surface area contributed by atoms with Crippen LogP contribution in [-0.4, -0.2) is 87.5 Å². The minimum atomic E-state index is -1.57. The van der Waals surface area contributed by atoms with E-state index in [4.69, 9.17) is 9.47 Å². The van der Waals surface area contributed by atoms with Crippen LogP contribution in [0.3, 0.4) is 0 Å². The molecule has 0 aliphatic carbocycles. The predicted molar refractivity (Wildman–Crippen MR) is 189 cm³/mol. The zero-order valence-corrected chi connectivity index (χ0v) is 29.8. The Morgan fingerprint density at radius 2 is 1.23 bits per heavy atom. The second-order valence-electron chi connectivity index (χ2n) is 13.4. The van der Waals surface area contributed by atoms with Gasteiger partial charge in [0.25, 0.3) is 0 Å². The highest BCUT2D eigenvalue weighted by atomic mass is 16.7. The Kier molecular flexibility index (Phi) is 27.5. The molecule has 2 unspecified atom stereocenters. The van der Waals surface area contributed by atoms with Gasteiger partial charge in [-0.3, -0.25) is 4.79 Å². The first kappa shape index (κ1) is 43.7. The third-order valence-corrected chi connectivity index (χ3v) is 9.08. The maximum atomic E-state index is 12.8. The molecule has 9 heteroatoms. The van der Waals surface area contributed by atoms with E-state index in [-0.39, 0.29) is 12.5 Å². The van der Waals surface area contributed by atoms with Crippen molar-refractivity contribution in [2.45, 2.75) is 198 Å². The molecule has 7 atom stereocenters. The summed E-state index contributed by atoms with van der Waals surface area (Å²) in [6.45, 7) is 3.68. The van der Waals surface area contributed by atoms with Crippen molar-refractivity contribution in [3.05, 3.63) is 24.3 Å². The number of nitrogens with one attached hydrogen (secondary N) is 1. The fraction of sp³-hybridized carbons (Fsp3) is 0.868. The molecule has 0 aromatic rings. The molecule has 1 aliphatic rings. The summed E-state index contributed by atoms with van der Waals surface area (Å²) in [6.07, 6.45) is 25.2. The van der Waals surface area contributed by atoms with Gasteiger partial charge in [-0.2, -0.15) is 0 Å². The summed E-state index contributed by atoms with van der Waals surface area (Å²) in [5.74, 6) is -0.197. The largest absolute Gasteiger partial charge is 0.394 e. The van der Waals surface area contributed by atoms with E-state index in [1.54, 1.807) is 12.2 Å². The first-order valence-corrected chi connectivity index (χ1v) is 19.1. The summed E-state index contributed by atoms with van der Waals surface area (Å²) in [5, 5.41) is 53.7. The number of carbonyl (C=O) groups excluding carboxylic acids is 1. The van der Waals surface area contributed by atoms with E-state index in [1.165, 1.54) is 103 Å². The maximum absolute atomic E-state index is 12.8. The van der Waals surface area contributed by atoms with E-state index in [0.29, 0.717) is 6.42 Å². The molecular formula is C38H71NO8. The van der Waals surface area contributed by atoms with Gasteiger partial charge in [-0.15, -0.1) is 0 Å². The molecular weight excluding hydrogens is 598 g/mol. The highest BCUT2D eigenvalue weighted by Crippen LogP contribution is 2.22. The van der Waals surface area contributed by atoms with E-state index >= 15 is 0 Å². The molecule has 1 amide bonds. The van der Waals surface area contributed by atoms with Crippen LogP contribution in [0.2, 0.25) is 0 Å². The summed E-state index contributed by atoms with van der Waals surface area (Å²) >= 11 is 0. The summed E-state index contributed by atoms with van der Waals surface area (Å²) in [5.41, 5.74) is 0. The number of allylic oxidation sites excluding steroid dienone is 3. The summed E-state index contributed by atoms with van der Waals surface area (Å²) in [7, 11) is 0. The lowest BCUT2D eigenvalue weighted by atomic mass is 9.99. The molecule has 0 saturated carbocycles. The van der Waals surface area contributed by atoms with Gasteiger partial charge in [-0.25, -0.2) is 0 Å². The van der Waals surface area contributed by atoms with Crippen LogP contribution >= 0.6 is 0 Å². The normalized spacial score (nSPS) is 23.1. The van der Waals surface area contributed by atoms with Crippen LogP contribution in [-0.2, 0) is 14.3 Å². The molecule has 9 nitrogen and oxygen atoms in total. The SMILES string of the molecule is CCCCCCC/C=C/C=C/[C@@H](O)[C@H](CO[C@H]1O[C@@H](CO)[C@H](O)C(O)C1O)NC(=O)CCCCCCCCCCCCCCCCC. The van der Waals surface area contributed by atoms with Crippen LogP contribution in [0.1, 0.15) is 155 Å². The second kappa shape index (κ2) is 29.6. The van der Waals surface area contributed by atoms with Crippen LogP contribution in [0.5, 0.6) is 0 Å². The van der Waals surface area contributed by atoms with E-state index in [9.17, 15) is 30.3 Å².